The molecule has 0 spiro atoms. The normalized spacial score (nSPS) is 10.8. The van der Waals surface area contributed by atoms with Crippen LogP contribution in [-0.2, 0) is 12.8 Å². The number of hydrogen-bond donors (Lipinski definition) is 2. The molecule has 0 aliphatic heterocycles. The summed E-state index contributed by atoms with van der Waals surface area (Å²) >= 11 is 11.5. The molecular formula is C22H30Cl2O2. The summed E-state index contributed by atoms with van der Waals surface area (Å²) in [5, 5.41) is 19.5. The maximum Gasteiger partial charge on any atom is 0.152 e. The van der Waals surface area contributed by atoms with Gasteiger partial charge in [-0.25, -0.2) is 0 Å². The summed E-state index contributed by atoms with van der Waals surface area (Å²) in [7, 11) is 0. The van der Waals surface area contributed by atoms with Crippen molar-refractivity contribution in [2.75, 3.05) is 0 Å². The molecule has 0 saturated heterocycles. The molecule has 0 fully saturated rings. The minimum atomic E-state index is -0.0316. The minimum absolute atomic E-state index is 0.0316. The number of halogens is 2. The van der Waals surface area contributed by atoms with Gasteiger partial charge in [0.2, 0.25) is 0 Å². The Morgan fingerprint density at radius 2 is 1.04 bits per heavy atom. The molecular weight excluding hydrogens is 367 g/mol. The van der Waals surface area contributed by atoms with Crippen LogP contribution in [0.5, 0.6) is 11.5 Å². The molecule has 0 aromatic heterocycles. The number of hydrogen-bond acceptors (Lipinski definition) is 2. The zero-order valence-corrected chi connectivity index (χ0v) is 18.0. The fourth-order valence-electron chi connectivity index (χ4n) is 2.84. The summed E-state index contributed by atoms with van der Waals surface area (Å²) < 4.78 is 0. The fourth-order valence-corrected chi connectivity index (χ4v) is 3.37. The van der Waals surface area contributed by atoms with Gasteiger partial charge < -0.3 is 10.2 Å². The molecule has 0 aliphatic rings. The first-order chi connectivity index (χ1) is 12.0. The number of rotatable bonds is 4. The number of phenols is 2. The van der Waals surface area contributed by atoms with E-state index in [-0.39, 0.29) is 5.75 Å². The van der Waals surface area contributed by atoms with Crippen molar-refractivity contribution in [1.82, 2.24) is 0 Å². The van der Waals surface area contributed by atoms with Crippen molar-refractivity contribution in [3.05, 3.63) is 56.6 Å². The van der Waals surface area contributed by atoms with Crippen molar-refractivity contribution in [3.63, 3.8) is 0 Å². The second-order valence-electron chi connectivity index (χ2n) is 7.68. The van der Waals surface area contributed by atoms with Crippen LogP contribution in [0.3, 0.4) is 0 Å². The van der Waals surface area contributed by atoms with Crippen molar-refractivity contribution in [2.45, 2.75) is 54.4 Å². The van der Waals surface area contributed by atoms with Crippen molar-refractivity contribution in [3.8, 4) is 11.5 Å². The smallest absolute Gasteiger partial charge is 0.152 e. The number of benzene rings is 2. The average Bonchev–Trinajstić information content (AvgIpc) is 2.49. The molecule has 2 N–H and O–H groups in total. The highest BCUT2D eigenvalue weighted by atomic mass is 35.5. The molecule has 0 heterocycles. The lowest BCUT2D eigenvalue weighted by molar-refractivity contribution is 0.466. The second kappa shape index (κ2) is 10.1. The fraction of sp³-hybridized carbons (Fsp3) is 0.455. The number of phenolic OH excluding ortho intramolecular Hbond substituents is 2. The Hall–Kier alpha value is -1.38. The average molecular weight is 397 g/mol. The zero-order chi connectivity index (χ0) is 20.0. The third kappa shape index (κ3) is 7.09. The lowest BCUT2D eigenvalue weighted by atomic mass is 9.98. The van der Waals surface area contributed by atoms with Gasteiger partial charge in [0.1, 0.15) is 5.75 Å². The van der Waals surface area contributed by atoms with Gasteiger partial charge in [0.15, 0.2) is 5.75 Å². The molecule has 0 bridgehead atoms. The first-order valence-electron chi connectivity index (χ1n) is 8.97. The predicted molar refractivity (Wildman–Crippen MR) is 113 cm³/mol. The standard InChI is InChI=1S/C12H18O.C10H12Cl2O/c1-8(2)5-11-6-9(3)12(13)10(4)7-11;1-6(2)3-7-4-8(11)10(13)9(12)5-7/h6-8,13H,5H2,1-4H3;4-6,13H,3H2,1-2H3. The summed E-state index contributed by atoms with van der Waals surface area (Å²) in [5.74, 6) is 1.63. The molecule has 2 aromatic carbocycles. The highest BCUT2D eigenvalue weighted by Crippen LogP contribution is 2.33. The molecule has 0 unspecified atom stereocenters. The number of aryl methyl sites for hydroxylation is 2. The van der Waals surface area contributed by atoms with Gasteiger partial charge in [-0.1, -0.05) is 63.0 Å². The summed E-state index contributed by atoms with van der Waals surface area (Å²) in [6, 6.07) is 7.65. The summed E-state index contributed by atoms with van der Waals surface area (Å²) in [6.07, 6.45) is 2.00. The van der Waals surface area contributed by atoms with E-state index in [0.717, 1.165) is 29.5 Å². The van der Waals surface area contributed by atoms with Gasteiger partial charge >= 0.3 is 0 Å². The van der Waals surface area contributed by atoms with Crippen molar-refractivity contribution >= 4 is 23.2 Å². The Bertz CT molecular complexity index is 627. The van der Waals surface area contributed by atoms with Crippen molar-refractivity contribution in [1.29, 1.82) is 0 Å². The third-order valence-electron chi connectivity index (χ3n) is 3.92. The van der Waals surface area contributed by atoms with Crippen molar-refractivity contribution < 1.29 is 10.2 Å². The Morgan fingerprint density at radius 3 is 1.38 bits per heavy atom. The molecule has 2 rings (SSSR count). The second-order valence-corrected chi connectivity index (χ2v) is 8.50. The lowest BCUT2D eigenvalue weighted by Gasteiger charge is -2.09. The summed E-state index contributed by atoms with van der Waals surface area (Å²) in [5.41, 5.74) is 4.34. The monoisotopic (exact) mass is 396 g/mol. The van der Waals surface area contributed by atoms with Crippen LogP contribution in [0.25, 0.3) is 0 Å². The van der Waals surface area contributed by atoms with Crippen LogP contribution in [0, 0.1) is 25.7 Å². The van der Waals surface area contributed by atoms with E-state index in [1.165, 1.54) is 5.56 Å². The topological polar surface area (TPSA) is 40.5 Å². The molecule has 0 amide bonds. The molecule has 0 aliphatic carbocycles. The predicted octanol–water partition coefficient (Wildman–Crippen LogP) is 7.11. The van der Waals surface area contributed by atoms with Gasteiger partial charge in [0, 0.05) is 0 Å². The molecule has 0 saturated carbocycles. The van der Waals surface area contributed by atoms with E-state index in [0.29, 0.717) is 27.6 Å². The third-order valence-corrected chi connectivity index (χ3v) is 4.49. The van der Waals surface area contributed by atoms with Crippen LogP contribution in [0.15, 0.2) is 24.3 Å². The highest BCUT2D eigenvalue weighted by molar-refractivity contribution is 6.37. The van der Waals surface area contributed by atoms with Gasteiger partial charge in [0.25, 0.3) is 0 Å². The van der Waals surface area contributed by atoms with Gasteiger partial charge in [-0.05, 0) is 72.9 Å². The van der Waals surface area contributed by atoms with E-state index in [1.54, 1.807) is 12.1 Å². The maximum absolute atomic E-state index is 9.56. The van der Waals surface area contributed by atoms with Crippen molar-refractivity contribution in [2.24, 2.45) is 11.8 Å². The van der Waals surface area contributed by atoms with Crippen LogP contribution in [0.2, 0.25) is 10.0 Å². The number of aromatic hydroxyl groups is 2. The van der Waals surface area contributed by atoms with Gasteiger partial charge in [-0.15, -0.1) is 0 Å². The van der Waals surface area contributed by atoms with Crippen LogP contribution < -0.4 is 0 Å². The lowest BCUT2D eigenvalue weighted by Crippen LogP contribution is -1.95. The molecule has 26 heavy (non-hydrogen) atoms. The van der Waals surface area contributed by atoms with E-state index >= 15 is 0 Å². The van der Waals surface area contributed by atoms with E-state index in [2.05, 4.69) is 39.8 Å². The van der Waals surface area contributed by atoms with Gasteiger partial charge in [-0.3, -0.25) is 0 Å². The van der Waals surface area contributed by atoms with Crippen LogP contribution in [-0.4, -0.2) is 10.2 Å². The molecule has 0 radical (unpaired) electrons. The first kappa shape index (κ1) is 22.7. The van der Waals surface area contributed by atoms with Gasteiger partial charge in [-0.2, -0.15) is 0 Å². The molecule has 2 nitrogen and oxygen atoms in total. The summed E-state index contributed by atoms with van der Waals surface area (Å²) in [4.78, 5) is 0. The molecule has 2 aromatic rings. The Morgan fingerprint density at radius 1 is 0.692 bits per heavy atom. The van der Waals surface area contributed by atoms with Crippen LogP contribution >= 0.6 is 23.2 Å². The zero-order valence-electron chi connectivity index (χ0n) is 16.5. The van der Waals surface area contributed by atoms with E-state index < -0.39 is 0 Å². The Balaban J connectivity index is 0.000000260. The SMILES string of the molecule is CC(C)Cc1cc(Cl)c(O)c(Cl)c1.Cc1cc(CC(C)C)cc(C)c1O. The van der Waals surface area contributed by atoms with Crippen LogP contribution in [0.4, 0.5) is 0 Å². The molecule has 4 heteroatoms. The van der Waals surface area contributed by atoms with Crippen LogP contribution in [0.1, 0.15) is 49.9 Å². The van der Waals surface area contributed by atoms with E-state index in [9.17, 15) is 10.2 Å². The molecule has 0 atom stereocenters. The quantitative estimate of drug-likeness (QED) is 0.577. The van der Waals surface area contributed by atoms with Gasteiger partial charge in [0.05, 0.1) is 10.0 Å². The van der Waals surface area contributed by atoms with E-state index in [4.69, 9.17) is 23.2 Å². The highest BCUT2D eigenvalue weighted by Gasteiger charge is 2.07. The minimum Gasteiger partial charge on any atom is -0.507 e. The maximum atomic E-state index is 9.56. The first-order valence-corrected chi connectivity index (χ1v) is 9.72. The molecule has 144 valence electrons. The Labute approximate surface area is 167 Å². The summed E-state index contributed by atoms with van der Waals surface area (Å²) in [6.45, 7) is 12.6. The Kier molecular flexibility index (Phi) is 8.79. The van der Waals surface area contributed by atoms with E-state index in [1.807, 2.05) is 13.8 Å². The largest absolute Gasteiger partial charge is 0.507 e.